The van der Waals surface area contributed by atoms with Gasteiger partial charge in [0.2, 0.25) is 0 Å². The Morgan fingerprint density at radius 2 is 1.91 bits per heavy atom. The molecule has 112 valence electrons. The SMILES string of the molecule is CC(=O)c1cc(-c2ccc3cc[nH]c3c2F)c(F)c(N)c1Cl. The zero-order chi connectivity index (χ0) is 16.0. The molecule has 6 heteroatoms. The summed E-state index contributed by atoms with van der Waals surface area (Å²) in [5.74, 6) is -1.84. The number of ketones is 1. The van der Waals surface area contributed by atoms with Gasteiger partial charge in [0.15, 0.2) is 17.4 Å². The van der Waals surface area contributed by atoms with Gasteiger partial charge in [0.1, 0.15) is 0 Å². The first kappa shape index (κ1) is 14.5. The van der Waals surface area contributed by atoms with Gasteiger partial charge in [-0.3, -0.25) is 4.79 Å². The summed E-state index contributed by atoms with van der Waals surface area (Å²) in [4.78, 5) is 14.4. The van der Waals surface area contributed by atoms with Crippen molar-refractivity contribution in [3.8, 4) is 11.1 Å². The van der Waals surface area contributed by atoms with Gasteiger partial charge in [0, 0.05) is 28.3 Å². The van der Waals surface area contributed by atoms with Gasteiger partial charge in [-0.05, 0) is 19.1 Å². The van der Waals surface area contributed by atoms with Crippen molar-refractivity contribution in [2.24, 2.45) is 0 Å². The minimum atomic E-state index is -0.847. The van der Waals surface area contributed by atoms with Crippen molar-refractivity contribution < 1.29 is 13.6 Å². The highest BCUT2D eigenvalue weighted by Crippen LogP contribution is 2.37. The zero-order valence-electron chi connectivity index (χ0n) is 11.5. The van der Waals surface area contributed by atoms with Crippen molar-refractivity contribution >= 4 is 34.0 Å². The monoisotopic (exact) mass is 320 g/mol. The Bertz CT molecular complexity index is 918. The van der Waals surface area contributed by atoms with Gasteiger partial charge < -0.3 is 10.7 Å². The number of aromatic amines is 1. The molecule has 0 fully saturated rings. The van der Waals surface area contributed by atoms with Crippen LogP contribution in [0.3, 0.4) is 0 Å². The molecule has 3 rings (SSSR count). The fourth-order valence-corrected chi connectivity index (χ4v) is 2.68. The predicted molar refractivity (Wildman–Crippen MR) is 83.1 cm³/mol. The Kier molecular flexibility index (Phi) is 3.37. The number of nitrogen functional groups attached to an aromatic ring is 1. The van der Waals surface area contributed by atoms with Crippen molar-refractivity contribution in [2.45, 2.75) is 6.92 Å². The highest BCUT2D eigenvalue weighted by molar-refractivity contribution is 6.36. The number of hydrogen-bond donors (Lipinski definition) is 2. The van der Waals surface area contributed by atoms with Crippen LogP contribution in [0.15, 0.2) is 30.5 Å². The predicted octanol–water partition coefficient (Wildman–Crippen LogP) is 4.55. The van der Waals surface area contributed by atoms with Crippen molar-refractivity contribution in [1.82, 2.24) is 4.98 Å². The van der Waals surface area contributed by atoms with Crippen LogP contribution in [-0.2, 0) is 0 Å². The summed E-state index contributed by atoms with van der Waals surface area (Å²) in [5, 5.41) is 0.505. The highest BCUT2D eigenvalue weighted by Gasteiger charge is 2.21. The molecule has 22 heavy (non-hydrogen) atoms. The average Bonchev–Trinajstić information content (AvgIpc) is 2.95. The minimum Gasteiger partial charge on any atom is -0.395 e. The molecule has 0 radical (unpaired) electrons. The van der Waals surface area contributed by atoms with Gasteiger partial charge in [0.25, 0.3) is 0 Å². The number of fused-ring (bicyclic) bond motifs is 1. The molecule has 0 aliphatic rings. The Hall–Kier alpha value is -2.40. The number of carbonyl (C=O) groups excluding carboxylic acids is 1. The zero-order valence-corrected chi connectivity index (χ0v) is 12.3. The summed E-state index contributed by atoms with van der Waals surface area (Å²) in [7, 11) is 0. The summed E-state index contributed by atoms with van der Waals surface area (Å²) in [6, 6.07) is 6.03. The lowest BCUT2D eigenvalue weighted by molar-refractivity contribution is 0.101. The average molecular weight is 321 g/mol. The lowest BCUT2D eigenvalue weighted by Gasteiger charge is -2.12. The molecule has 2 aromatic carbocycles. The third kappa shape index (κ3) is 2.05. The molecule has 0 spiro atoms. The summed E-state index contributed by atoms with van der Waals surface area (Å²) in [6.07, 6.45) is 1.59. The smallest absolute Gasteiger partial charge is 0.161 e. The molecule has 0 aliphatic heterocycles. The molecule has 3 nitrogen and oxygen atoms in total. The first-order valence-electron chi connectivity index (χ1n) is 6.46. The van der Waals surface area contributed by atoms with E-state index in [2.05, 4.69) is 4.98 Å². The Morgan fingerprint density at radius 3 is 2.59 bits per heavy atom. The van der Waals surface area contributed by atoms with Gasteiger partial charge in [-0.1, -0.05) is 23.7 Å². The van der Waals surface area contributed by atoms with Gasteiger partial charge in [-0.25, -0.2) is 8.78 Å². The van der Waals surface area contributed by atoms with Gasteiger partial charge in [-0.15, -0.1) is 0 Å². The van der Waals surface area contributed by atoms with E-state index in [0.717, 1.165) is 0 Å². The van der Waals surface area contributed by atoms with E-state index in [9.17, 15) is 13.6 Å². The van der Waals surface area contributed by atoms with E-state index in [4.69, 9.17) is 17.3 Å². The number of nitrogens with two attached hydrogens (primary N) is 1. The highest BCUT2D eigenvalue weighted by atomic mass is 35.5. The number of carbonyl (C=O) groups is 1. The first-order valence-corrected chi connectivity index (χ1v) is 6.84. The summed E-state index contributed by atoms with van der Waals surface area (Å²) < 4.78 is 29.0. The summed E-state index contributed by atoms with van der Waals surface area (Å²) >= 11 is 5.88. The number of H-pyrrole nitrogens is 1. The molecule has 0 bridgehead atoms. The number of nitrogens with one attached hydrogen (secondary N) is 1. The molecule has 0 amide bonds. The second-order valence-electron chi connectivity index (χ2n) is 4.94. The maximum Gasteiger partial charge on any atom is 0.161 e. The van der Waals surface area contributed by atoms with Crippen molar-refractivity contribution in [1.29, 1.82) is 0 Å². The second kappa shape index (κ2) is 5.10. The number of rotatable bonds is 2. The summed E-state index contributed by atoms with van der Waals surface area (Å²) in [6.45, 7) is 1.28. The second-order valence-corrected chi connectivity index (χ2v) is 5.32. The van der Waals surface area contributed by atoms with Gasteiger partial charge >= 0.3 is 0 Å². The van der Waals surface area contributed by atoms with E-state index in [1.807, 2.05) is 0 Å². The minimum absolute atomic E-state index is 0.0123. The van der Waals surface area contributed by atoms with E-state index in [-0.39, 0.29) is 38.7 Å². The van der Waals surface area contributed by atoms with E-state index in [0.29, 0.717) is 5.39 Å². The number of halogens is 3. The fraction of sp³-hybridized carbons (Fsp3) is 0.0625. The Morgan fingerprint density at radius 1 is 1.18 bits per heavy atom. The Labute approximate surface area is 129 Å². The summed E-state index contributed by atoms with van der Waals surface area (Å²) in [5.41, 5.74) is 5.48. The van der Waals surface area contributed by atoms with Gasteiger partial charge in [-0.2, -0.15) is 0 Å². The number of Topliss-reactive ketones (excluding diaryl/α,β-unsaturated/α-hetero) is 1. The first-order chi connectivity index (χ1) is 10.4. The van der Waals surface area contributed by atoms with Crippen LogP contribution in [0.5, 0.6) is 0 Å². The van der Waals surface area contributed by atoms with E-state index >= 15 is 0 Å². The fourth-order valence-electron chi connectivity index (χ4n) is 2.41. The molecule has 3 N–H and O–H groups in total. The van der Waals surface area contributed by atoms with Crippen LogP contribution in [0, 0.1) is 11.6 Å². The van der Waals surface area contributed by atoms with Crippen LogP contribution < -0.4 is 5.73 Å². The maximum absolute atomic E-state index is 14.6. The van der Waals surface area contributed by atoms with Crippen LogP contribution in [0.1, 0.15) is 17.3 Å². The molecule has 1 heterocycles. The molecule has 0 atom stereocenters. The normalized spacial score (nSPS) is 11.1. The number of benzene rings is 2. The quantitative estimate of drug-likeness (QED) is 0.537. The van der Waals surface area contributed by atoms with Crippen LogP contribution >= 0.6 is 11.6 Å². The lowest BCUT2D eigenvalue weighted by Crippen LogP contribution is -2.03. The van der Waals surface area contributed by atoms with Crippen LogP contribution in [0.4, 0.5) is 14.5 Å². The largest absolute Gasteiger partial charge is 0.395 e. The third-order valence-electron chi connectivity index (χ3n) is 3.57. The third-order valence-corrected chi connectivity index (χ3v) is 3.98. The van der Waals surface area contributed by atoms with Crippen molar-refractivity contribution in [3.05, 3.63) is 52.7 Å². The van der Waals surface area contributed by atoms with Crippen molar-refractivity contribution in [2.75, 3.05) is 5.73 Å². The van der Waals surface area contributed by atoms with E-state index in [1.54, 1.807) is 18.3 Å². The topological polar surface area (TPSA) is 58.9 Å². The molecular formula is C16H11ClF2N2O. The molecule has 1 aromatic heterocycles. The number of anilines is 1. The number of hydrogen-bond acceptors (Lipinski definition) is 2. The molecule has 0 saturated carbocycles. The van der Waals surface area contributed by atoms with Crippen LogP contribution in [0.25, 0.3) is 22.0 Å². The molecule has 0 unspecified atom stereocenters. The standard InChI is InChI=1S/C16H11ClF2N2O/c1-7(22)10-6-11(13(18)15(20)12(10)17)9-3-2-8-4-5-21-16(8)14(9)19/h2-6,21H,20H2,1H3. The Balaban J connectivity index is 2.35. The number of aromatic nitrogens is 1. The maximum atomic E-state index is 14.6. The van der Waals surface area contributed by atoms with E-state index in [1.165, 1.54) is 19.1 Å². The van der Waals surface area contributed by atoms with Crippen molar-refractivity contribution in [3.63, 3.8) is 0 Å². The molecular weight excluding hydrogens is 310 g/mol. The lowest BCUT2D eigenvalue weighted by atomic mass is 9.98. The van der Waals surface area contributed by atoms with Crippen LogP contribution in [0.2, 0.25) is 5.02 Å². The molecule has 3 aromatic rings. The molecule has 0 aliphatic carbocycles. The molecule has 0 saturated heterocycles. The van der Waals surface area contributed by atoms with Gasteiger partial charge in [0.05, 0.1) is 16.2 Å². The van der Waals surface area contributed by atoms with E-state index < -0.39 is 11.6 Å². The van der Waals surface area contributed by atoms with Crippen LogP contribution in [-0.4, -0.2) is 10.8 Å².